The number of fused-ring (bicyclic) bond motifs is 1. The van der Waals surface area contributed by atoms with Crippen LogP contribution in [0.3, 0.4) is 0 Å². The first-order valence-electron chi connectivity index (χ1n) is 9.54. The Morgan fingerprint density at radius 2 is 2.20 bits per heavy atom. The molecule has 1 aromatic carbocycles. The van der Waals surface area contributed by atoms with Crippen molar-refractivity contribution in [1.29, 1.82) is 0 Å². The summed E-state index contributed by atoms with van der Waals surface area (Å²) in [5.41, 5.74) is 6.99. The molecule has 1 aromatic rings. The molecule has 0 spiro atoms. The standard InChI is InChI=1S/C20H31NO4/c1-2-3-4-9-23-12-17-13-24-19-10-15(5-6-18(19)25-17)16-7-8-20(21,11-16)14-22/h5-6,10,16-17,22H,2-4,7-9,11-14,21H2,1H3/t16?,17-,20?/m1/s1. The molecule has 0 bridgehead atoms. The molecule has 3 atom stereocenters. The quantitative estimate of drug-likeness (QED) is 0.706. The van der Waals surface area contributed by atoms with E-state index in [2.05, 4.69) is 19.1 Å². The van der Waals surface area contributed by atoms with Crippen LogP contribution < -0.4 is 15.2 Å². The Morgan fingerprint density at radius 3 is 2.96 bits per heavy atom. The summed E-state index contributed by atoms with van der Waals surface area (Å²) < 4.78 is 17.6. The van der Waals surface area contributed by atoms with Crippen molar-refractivity contribution in [2.45, 2.75) is 63.0 Å². The van der Waals surface area contributed by atoms with Crippen molar-refractivity contribution in [3.63, 3.8) is 0 Å². The second-order valence-corrected chi connectivity index (χ2v) is 7.50. The highest BCUT2D eigenvalue weighted by Crippen LogP contribution is 2.42. The van der Waals surface area contributed by atoms with Gasteiger partial charge in [-0.15, -0.1) is 0 Å². The zero-order valence-electron chi connectivity index (χ0n) is 15.2. The third kappa shape index (κ3) is 4.66. The Hall–Kier alpha value is -1.30. The molecule has 1 aliphatic carbocycles. The van der Waals surface area contributed by atoms with E-state index in [1.54, 1.807) is 0 Å². The number of aliphatic hydroxyl groups excluding tert-OH is 1. The van der Waals surface area contributed by atoms with Crippen LogP contribution in [0.4, 0.5) is 0 Å². The van der Waals surface area contributed by atoms with Gasteiger partial charge in [-0.05, 0) is 49.3 Å². The Balaban J connectivity index is 1.53. The molecular weight excluding hydrogens is 318 g/mol. The second kappa shape index (κ2) is 8.39. The van der Waals surface area contributed by atoms with Gasteiger partial charge in [0, 0.05) is 12.1 Å². The fourth-order valence-electron chi connectivity index (χ4n) is 3.72. The predicted molar refractivity (Wildman–Crippen MR) is 97.3 cm³/mol. The minimum Gasteiger partial charge on any atom is -0.486 e. The number of hydrogen-bond acceptors (Lipinski definition) is 5. The molecule has 3 N–H and O–H groups in total. The molecule has 1 aliphatic heterocycles. The molecule has 1 heterocycles. The third-order valence-electron chi connectivity index (χ3n) is 5.31. The average molecular weight is 349 g/mol. The normalized spacial score (nSPS) is 28.3. The zero-order valence-corrected chi connectivity index (χ0v) is 15.2. The predicted octanol–water partition coefficient (Wildman–Crippen LogP) is 2.99. The van der Waals surface area contributed by atoms with Gasteiger partial charge in [0.15, 0.2) is 17.6 Å². The summed E-state index contributed by atoms with van der Waals surface area (Å²) in [6.45, 7) is 4.11. The van der Waals surface area contributed by atoms with Gasteiger partial charge in [0.1, 0.15) is 6.61 Å². The number of unbranched alkanes of at least 4 members (excludes halogenated alkanes) is 2. The van der Waals surface area contributed by atoms with Crippen molar-refractivity contribution in [3.05, 3.63) is 23.8 Å². The van der Waals surface area contributed by atoms with E-state index < -0.39 is 5.54 Å². The van der Waals surface area contributed by atoms with E-state index in [9.17, 15) is 5.11 Å². The van der Waals surface area contributed by atoms with Crippen LogP contribution in [0.2, 0.25) is 0 Å². The van der Waals surface area contributed by atoms with E-state index in [0.717, 1.165) is 43.8 Å². The number of rotatable bonds is 8. The fourth-order valence-corrected chi connectivity index (χ4v) is 3.72. The molecule has 1 saturated carbocycles. The van der Waals surface area contributed by atoms with Crippen LogP contribution in [0.15, 0.2) is 18.2 Å². The van der Waals surface area contributed by atoms with Gasteiger partial charge in [-0.3, -0.25) is 0 Å². The van der Waals surface area contributed by atoms with E-state index in [-0.39, 0.29) is 12.7 Å². The van der Waals surface area contributed by atoms with Crippen LogP contribution in [0.1, 0.15) is 56.9 Å². The minimum atomic E-state index is -0.432. The highest BCUT2D eigenvalue weighted by molar-refractivity contribution is 5.45. The van der Waals surface area contributed by atoms with Gasteiger partial charge >= 0.3 is 0 Å². The van der Waals surface area contributed by atoms with Crippen molar-refractivity contribution in [3.8, 4) is 11.5 Å². The lowest BCUT2D eigenvalue weighted by Gasteiger charge is -2.27. The molecule has 25 heavy (non-hydrogen) atoms. The average Bonchev–Trinajstić information content (AvgIpc) is 3.04. The van der Waals surface area contributed by atoms with E-state index in [4.69, 9.17) is 19.9 Å². The number of aliphatic hydroxyl groups is 1. The lowest BCUT2D eigenvalue weighted by atomic mass is 9.93. The molecule has 2 unspecified atom stereocenters. The molecule has 140 valence electrons. The summed E-state index contributed by atoms with van der Waals surface area (Å²) in [5, 5.41) is 9.45. The highest BCUT2D eigenvalue weighted by atomic mass is 16.6. The Kier molecular flexibility index (Phi) is 6.20. The summed E-state index contributed by atoms with van der Waals surface area (Å²) >= 11 is 0. The molecule has 5 nitrogen and oxygen atoms in total. The van der Waals surface area contributed by atoms with Crippen LogP contribution in [0.5, 0.6) is 11.5 Å². The highest BCUT2D eigenvalue weighted by Gasteiger charge is 2.36. The van der Waals surface area contributed by atoms with Gasteiger partial charge in [0.25, 0.3) is 0 Å². The van der Waals surface area contributed by atoms with Gasteiger partial charge in [-0.2, -0.15) is 0 Å². The number of benzene rings is 1. The SMILES string of the molecule is CCCCCOC[C@@H]1COc2cc(C3CCC(N)(CO)C3)ccc2O1. The Labute approximate surface area is 150 Å². The number of nitrogens with two attached hydrogens (primary N) is 1. The molecule has 0 radical (unpaired) electrons. The second-order valence-electron chi connectivity index (χ2n) is 7.50. The number of hydrogen-bond donors (Lipinski definition) is 2. The molecule has 0 amide bonds. The largest absolute Gasteiger partial charge is 0.486 e. The van der Waals surface area contributed by atoms with E-state index in [1.807, 2.05) is 6.07 Å². The van der Waals surface area contributed by atoms with Crippen molar-refractivity contribution < 1.29 is 19.3 Å². The molecule has 2 aliphatic rings. The van der Waals surface area contributed by atoms with Crippen LogP contribution >= 0.6 is 0 Å². The summed E-state index contributed by atoms with van der Waals surface area (Å²) in [4.78, 5) is 0. The van der Waals surface area contributed by atoms with Crippen LogP contribution in [0, 0.1) is 0 Å². The van der Waals surface area contributed by atoms with Gasteiger partial charge in [0.05, 0.1) is 13.2 Å². The third-order valence-corrected chi connectivity index (χ3v) is 5.31. The smallest absolute Gasteiger partial charge is 0.161 e. The van der Waals surface area contributed by atoms with Crippen molar-refractivity contribution >= 4 is 0 Å². The maximum Gasteiger partial charge on any atom is 0.161 e. The molecule has 0 aromatic heterocycles. The molecule has 1 fully saturated rings. The fraction of sp³-hybridized carbons (Fsp3) is 0.700. The molecule has 5 heteroatoms. The number of ether oxygens (including phenoxy) is 3. The van der Waals surface area contributed by atoms with Crippen LogP contribution in [0.25, 0.3) is 0 Å². The summed E-state index contributed by atoms with van der Waals surface area (Å²) in [7, 11) is 0. The lowest BCUT2D eigenvalue weighted by molar-refractivity contribution is 0.00780. The van der Waals surface area contributed by atoms with Gasteiger partial charge in [0.2, 0.25) is 0 Å². The minimum absolute atomic E-state index is 0.0439. The summed E-state index contributed by atoms with van der Waals surface area (Å²) in [5.74, 6) is 1.97. The van der Waals surface area contributed by atoms with E-state index >= 15 is 0 Å². The Bertz CT molecular complexity index is 565. The first kappa shape index (κ1) is 18.5. The van der Waals surface area contributed by atoms with E-state index in [1.165, 1.54) is 18.4 Å². The maximum atomic E-state index is 9.45. The van der Waals surface area contributed by atoms with E-state index in [0.29, 0.717) is 19.1 Å². The summed E-state index contributed by atoms with van der Waals surface area (Å²) in [6.07, 6.45) is 6.14. The van der Waals surface area contributed by atoms with Crippen LogP contribution in [-0.4, -0.2) is 43.2 Å². The van der Waals surface area contributed by atoms with Crippen molar-refractivity contribution in [2.75, 3.05) is 26.4 Å². The van der Waals surface area contributed by atoms with Gasteiger partial charge in [-0.1, -0.05) is 25.8 Å². The first-order chi connectivity index (χ1) is 12.1. The topological polar surface area (TPSA) is 73.9 Å². The molecular formula is C20H31NO4. The maximum absolute atomic E-state index is 9.45. The van der Waals surface area contributed by atoms with Crippen LogP contribution in [-0.2, 0) is 4.74 Å². The van der Waals surface area contributed by atoms with Crippen molar-refractivity contribution in [2.24, 2.45) is 5.73 Å². The summed E-state index contributed by atoms with van der Waals surface area (Å²) in [6, 6.07) is 6.16. The first-order valence-corrected chi connectivity index (χ1v) is 9.54. The van der Waals surface area contributed by atoms with Gasteiger partial charge < -0.3 is 25.1 Å². The van der Waals surface area contributed by atoms with Gasteiger partial charge in [-0.25, -0.2) is 0 Å². The molecule has 3 rings (SSSR count). The monoisotopic (exact) mass is 349 g/mol. The zero-order chi connectivity index (χ0) is 17.7. The molecule has 0 saturated heterocycles. The van der Waals surface area contributed by atoms with Crippen molar-refractivity contribution in [1.82, 2.24) is 0 Å². The Morgan fingerprint density at radius 1 is 1.32 bits per heavy atom. The lowest BCUT2D eigenvalue weighted by Crippen LogP contribution is -2.40.